The molecule has 0 aliphatic carbocycles. The molecule has 0 bridgehead atoms. The quantitative estimate of drug-likeness (QED) is 0.791. The van der Waals surface area contributed by atoms with Gasteiger partial charge in [0.15, 0.2) is 6.10 Å². The van der Waals surface area contributed by atoms with Gasteiger partial charge in [-0.05, 0) is 23.3 Å². The number of rotatable bonds is 2. The lowest BCUT2D eigenvalue weighted by atomic mass is 10.0. The summed E-state index contributed by atoms with van der Waals surface area (Å²) in [5.41, 5.74) is 1.34. The molecule has 2 aromatic carbocycles. The van der Waals surface area contributed by atoms with Crippen LogP contribution in [-0.2, 0) is 0 Å². The highest BCUT2D eigenvalue weighted by atomic mass is 19.1. The van der Waals surface area contributed by atoms with Gasteiger partial charge in [0.05, 0.1) is 0 Å². The van der Waals surface area contributed by atoms with E-state index in [4.69, 9.17) is 0 Å². The van der Waals surface area contributed by atoms with E-state index in [-0.39, 0.29) is 11.9 Å². The molecule has 2 aromatic rings. The van der Waals surface area contributed by atoms with Crippen molar-refractivity contribution in [3.8, 4) is 0 Å². The zero-order chi connectivity index (χ0) is 10.7. The third-order valence-corrected chi connectivity index (χ3v) is 2.16. The van der Waals surface area contributed by atoms with Crippen LogP contribution in [-0.4, -0.2) is 5.11 Å². The topological polar surface area (TPSA) is 20.2 Å². The minimum absolute atomic E-state index is 0.163. The van der Waals surface area contributed by atoms with Crippen molar-refractivity contribution in [2.24, 2.45) is 0 Å². The SMILES string of the molecule is O[C](c1ccccc1)c1ccc(F)cc1. The average Bonchev–Trinajstić information content (AvgIpc) is 2.30. The van der Waals surface area contributed by atoms with Crippen molar-refractivity contribution in [1.29, 1.82) is 0 Å². The highest BCUT2D eigenvalue weighted by Crippen LogP contribution is 2.20. The summed E-state index contributed by atoms with van der Waals surface area (Å²) in [4.78, 5) is 0. The van der Waals surface area contributed by atoms with E-state index in [2.05, 4.69) is 0 Å². The number of halogens is 1. The summed E-state index contributed by atoms with van der Waals surface area (Å²) < 4.78 is 12.7. The predicted molar refractivity (Wildman–Crippen MR) is 56.2 cm³/mol. The van der Waals surface area contributed by atoms with Gasteiger partial charge in [-0.25, -0.2) is 4.39 Å². The van der Waals surface area contributed by atoms with Gasteiger partial charge in [-0.2, -0.15) is 0 Å². The maximum atomic E-state index is 12.7. The third kappa shape index (κ3) is 2.22. The van der Waals surface area contributed by atoms with Crippen molar-refractivity contribution in [2.45, 2.75) is 0 Å². The minimum Gasteiger partial charge on any atom is -0.377 e. The molecule has 0 saturated heterocycles. The van der Waals surface area contributed by atoms with Crippen LogP contribution in [0.4, 0.5) is 4.39 Å². The van der Waals surface area contributed by atoms with E-state index in [0.717, 1.165) is 5.56 Å². The molecule has 0 aliphatic rings. The van der Waals surface area contributed by atoms with Gasteiger partial charge in [0.2, 0.25) is 0 Å². The van der Waals surface area contributed by atoms with Crippen molar-refractivity contribution in [1.82, 2.24) is 0 Å². The van der Waals surface area contributed by atoms with Crippen LogP contribution in [0, 0.1) is 11.9 Å². The lowest BCUT2D eigenvalue weighted by Gasteiger charge is -2.09. The fourth-order valence-corrected chi connectivity index (χ4v) is 1.37. The summed E-state index contributed by atoms with van der Waals surface area (Å²) in [5, 5.41) is 9.88. The van der Waals surface area contributed by atoms with Crippen molar-refractivity contribution in [2.75, 3.05) is 0 Å². The van der Waals surface area contributed by atoms with Crippen LogP contribution in [0.2, 0.25) is 0 Å². The van der Waals surface area contributed by atoms with Crippen LogP contribution in [0.1, 0.15) is 11.1 Å². The van der Waals surface area contributed by atoms with Gasteiger partial charge in [0.1, 0.15) is 5.82 Å². The molecule has 0 atom stereocenters. The summed E-state index contributed by atoms with van der Waals surface area (Å²) in [5.74, 6) is -0.306. The van der Waals surface area contributed by atoms with E-state index < -0.39 is 0 Å². The molecule has 0 heterocycles. The van der Waals surface area contributed by atoms with Crippen molar-refractivity contribution < 1.29 is 9.50 Å². The van der Waals surface area contributed by atoms with E-state index in [1.54, 1.807) is 24.3 Å². The van der Waals surface area contributed by atoms with E-state index in [0.29, 0.717) is 5.56 Å². The molecule has 0 aromatic heterocycles. The van der Waals surface area contributed by atoms with Crippen LogP contribution in [0.15, 0.2) is 54.6 Å². The molecule has 1 N–H and O–H groups in total. The zero-order valence-electron chi connectivity index (χ0n) is 8.02. The second-order valence-electron chi connectivity index (χ2n) is 3.22. The molecular weight excluding hydrogens is 191 g/mol. The maximum Gasteiger partial charge on any atom is 0.152 e. The van der Waals surface area contributed by atoms with Gasteiger partial charge in [-0.1, -0.05) is 42.5 Å². The van der Waals surface area contributed by atoms with Gasteiger partial charge in [-0.15, -0.1) is 0 Å². The van der Waals surface area contributed by atoms with E-state index in [1.807, 2.05) is 18.2 Å². The Balaban J connectivity index is 2.29. The number of hydrogen-bond donors (Lipinski definition) is 1. The minimum atomic E-state index is -0.306. The summed E-state index contributed by atoms with van der Waals surface area (Å²) in [6.07, 6.45) is 0.163. The second kappa shape index (κ2) is 4.24. The van der Waals surface area contributed by atoms with Crippen molar-refractivity contribution >= 4 is 0 Å². The molecule has 0 amide bonds. The zero-order valence-corrected chi connectivity index (χ0v) is 8.02. The molecule has 0 aliphatic heterocycles. The van der Waals surface area contributed by atoms with Crippen LogP contribution < -0.4 is 0 Å². The monoisotopic (exact) mass is 201 g/mol. The highest BCUT2D eigenvalue weighted by molar-refractivity contribution is 5.40. The number of hydrogen-bond acceptors (Lipinski definition) is 1. The Bertz CT molecular complexity index is 422. The molecule has 2 rings (SSSR count). The Labute approximate surface area is 87.8 Å². The summed E-state index contributed by atoms with van der Waals surface area (Å²) in [6.45, 7) is 0. The number of aliphatic hydroxyl groups excluding tert-OH is 1. The van der Waals surface area contributed by atoms with Crippen molar-refractivity contribution in [3.63, 3.8) is 0 Å². The molecule has 75 valence electrons. The molecule has 0 spiro atoms. The predicted octanol–water partition coefficient (Wildman–Crippen LogP) is 3.13. The van der Waals surface area contributed by atoms with Crippen LogP contribution in [0.5, 0.6) is 0 Å². The van der Waals surface area contributed by atoms with Crippen LogP contribution in [0.3, 0.4) is 0 Å². The second-order valence-corrected chi connectivity index (χ2v) is 3.22. The standard InChI is InChI=1S/C13H10FO/c14-12-8-6-11(7-9-12)13(15)10-4-2-1-3-5-10/h1-9,15H. The highest BCUT2D eigenvalue weighted by Gasteiger charge is 2.10. The maximum absolute atomic E-state index is 12.7. The lowest BCUT2D eigenvalue weighted by Crippen LogP contribution is -2.00. The number of benzene rings is 2. The average molecular weight is 201 g/mol. The first kappa shape index (κ1) is 9.87. The summed E-state index contributed by atoms with van der Waals surface area (Å²) in [7, 11) is 0. The van der Waals surface area contributed by atoms with Gasteiger partial charge in [0.25, 0.3) is 0 Å². The van der Waals surface area contributed by atoms with Gasteiger partial charge < -0.3 is 5.11 Å². The Morgan fingerprint density at radius 1 is 0.800 bits per heavy atom. The van der Waals surface area contributed by atoms with E-state index >= 15 is 0 Å². The molecule has 1 nitrogen and oxygen atoms in total. The Morgan fingerprint density at radius 2 is 1.33 bits per heavy atom. The normalized spacial score (nSPS) is 10.6. The summed E-state index contributed by atoms with van der Waals surface area (Å²) >= 11 is 0. The Kier molecular flexibility index (Phi) is 2.79. The van der Waals surface area contributed by atoms with Crippen LogP contribution >= 0.6 is 0 Å². The van der Waals surface area contributed by atoms with E-state index in [1.165, 1.54) is 12.1 Å². The van der Waals surface area contributed by atoms with Crippen molar-refractivity contribution in [3.05, 3.63) is 77.6 Å². The lowest BCUT2D eigenvalue weighted by molar-refractivity contribution is 0.356. The molecule has 15 heavy (non-hydrogen) atoms. The first-order chi connectivity index (χ1) is 7.27. The molecule has 2 heteroatoms. The fourth-order valence-electron chi connectivity index (χ4n) is 1.37. The number of aliphatic hydroxyl groups is 1. The largest absolute Gasteiger partial charge is 0.377 e. The first-order valence-electron chi connectivity index (χ1n) is 4.64. The molecular formula is C13H10FO. The van der Waals surface area contributed by atoms with Gasteiger partial charge in [0, 0.05) is 0 Å². The van der Waals surface area contributed by atoms with Gasteiger partial charge in [-0.3, -0.25) is 0 Å². The third-order valence-electron chi connectivity index (χ3n) is 2.16. The molecule has 0 unspecified atom stereocenters. The van der Waals surface area contributed by atoms with Gasteiger partial charge >= 0.3 is 0 Å². The summed E-state index contributed by atoms with van der Waals surface area (Å²) in [6, 6.07) is 14.9. The Hall–Kier alpha value is -1.67. The van der Waals surface area contributed by atoms with Crippen LogP contribution in [0.25, 0.3) is 0 Å². The first-order valence-corrected chi connectivity index (χ1v) is 4.64. The smallest absolute Gasteiger partial charge is 0.152 e. The molecule has 0 fully saturated rings. The molecule has 0 saturated carbocycles. The Morgan fingerprint density at radius 3 is 1.93 bits per heavy atom. The molecule has 1 radical (unpaired) electrons. The fraction of sp³-hybridized carbons (Fsp3) is 0. The van der Waals surface area contributed by atoms with E-state index in [9.17, 15) is 9.50 Å².